The molecule has 6 aromatic rings. The van der Waals surface area contributed by atoms with Gasteiger partial charge in [-0.1, -0.05) is 0 Å². The molecule has 1 aliphatic rings. The molecule has 0 aromatic heterocycles. The average Bonchev–Trinajstić information content (AvgIpc) is 3.16. The zero-order valence-electron chi connectivity index (χ0n) is 28.1. The van der Waals surface area contributed by atoms with Crippen LogP contribution < -0.4 is 61.0 Å². The van der Waals surface area contributed by atoms with E-state index in [4.69, 9.17) is 60.6 Å². The van der Waals surface area contributed by atoms with Crippen molar-refractivity contribution in [1.29, 1.82) is 0 Å². The number of nitrogens with one attached hydrogen (secondary N) is 1. The van der Waals surface area contributed by atoms with Gasteiger partial charge in [-0.3, -0.25) is 0 Å². The van der Waals surface area contributed by atoms with Crippen molar-refractivity contribution in [2.24, 2.45) is 4.52 Å². The van der Waals surface area contributed by atoms with Gasteiger partial charge < -0.3 is 0 Å². The first-order valence-corrected chi connectivity index (χ1v) is 20.5. The number of benzene rings is 6. The van der Waals surface area contributed by atoms with Crippen LogP contribution >= 0.6 is 24.1 Å². The van der Waals surface area contributed by atoms with Crippen LogP contribution in [0, 0.1) is 0 Å². The fourth-order valence-electron chi connectivity index (χ4n) is 5.10. The Kier molecular flexibility index (Phi) is 9.81. The maximum atomic E-state index is 7.15. The van der Waals surface area contributed by atoms with E-state index in [0.29, 0.717) is 5.75 Å². The summed E-state index contributed by atoms with van der Waals surface area (Å²) in [5, 5.41) is 0. The van der Waals surface area contributed by atoms with Gasteiger partial charge in [-0.05, 0) is 0 Å². The normalized spacial score (nSPS) is 16.9. The van der Waals surface area contributed by atoms with Crippen LogP contribution in [0.5, 0.6) is 34.5 Å². The van der Waals surface area contributed by atoms with Gasteiger partial charge >= 0.3 is 309 Å². The molecule has 272 valence electrons. The van der Waals surface area contributed by atoms with Gasteiger partial charge in [0.05, 0.1) is 0 Å². The molecule has 53 heavy (non-hydrogen) atoms. The Morgan fingerprint density at radius 1 is 0.472 bits per heavy atom. The summed E-state index contributed by atoms with van der Waals surface area (Å²) >= 11 is 0. The third-order valence-corrected chi connectivity index (χ3v) is 16.2. The zero-order valence-corrected chi connectivity index (χ0v) is 30.8. The van der Waals surface area contributed by atoms with Crippen molar-refractivity contribution in [2.75, 3.05) is 28.7 Å². The van der Waals surface area contributed by atoms with Gasteiger partial charge in [0.25, 0.3) is 0 Å². The van der Waals surface area contributed by atoms with Gasteiger partial charge in [-0.25, -0.2) is 0 Å². The number of nitrogens with zero attached hydrogens (tertiary/aromatic N) is 2. The van der Waals surface area contributed by atoms with Crippen LogP contribution in [0.3, 0.4) is 0 Å². The van der Waals surface area contributed by atoms with Crippen LogP contribution in [0.15, 0.2) is 156 Å². The number of hydrogen-bond donors (Lipinski definition) is 6. The number of para-hydroxylation sites is 11. The Bertz CT molecular complexity index is 2130. The van der Waals surface area contributed by atoms with Gasteiger partial charge in [0.2, 0.25) is 0 Å². The maximum absolute atomic E-state index is 7.15. The molecule has 7 rings (SSSR count). The molecule has 0 radical (unpaired) electrons. The molecule has 0 fully saturated rings. The summed E-state index contributed by atoms with van der Waals surface area (Å²) in [6.45, 7) is 0. The van der Waals surface area contributed by atoms with Gasteiger partial charge in [0.1, 0.15) is 0 Å². The zero-order chi connectivity index (χ0) is 36.9. The van der Waals surface area contributed by atoms with E-state index in [1.807, 2.05) is 6.07 Å². The van der Waals surface area contributed by atoms with Crippen molar-refractivity contribution in [1.82, 2.24) is 9.46 Å². The summed E-state index contributed by atoms with van der Waals surface area (Å²) in [6, 6.07) is 43.1. The second-order valence-electron chi connectivity index (χ2n) is 11.5. The first kappa shape index (κ1) is 35.5. The Hall–Kier alpha value is -5.87. The monoisotopic (exact) mass is 770 g/mol. The number of nitrogen functional groups attached to an aromatic ring is 5. The molecule has 14 nitrogen and oxygen atoms in total. The van der Waals surface area contributed by atoms with Crippen molar-refractivity contribution < 1.29 is 27.5 Å². The summed E-state index contributed by atoms with van der Waals surface area (Å²) in [7, 11) is -10.5. The van der Waals surface area contributed by atoms with Gasteiger partial charge in [0, 0.05) is 0 Å². The van der Waals surface area contributed by atoms with Gasteiger partial charge in [0.15, 0.2) is 0 Å². The molecule has 17 heteroatoms. The van der Waals surface area contributed by atoms with E-state index >= 15 is 0 Å². The number of hydrogen-bond acceptors (Lipinski definition) is 14. The third-order valence-electron chi connectivity index (χ3n) is 7.66. The van der Waals surface area contributed by atoms with E-state index in [-0.39, 0.29) is 57.2 Å². The molecule has 1 aliphatic heterocycles. The molecule has 1 heterocycles. The number of nitrogens with two attached hydrogens (primary N) is 5. The molecule has 0 aliphatic carbocycles. The molecular formula is C36H37N8O6P3. The minimum absolute atomic E-state index is 0.145. The van der Waals surface area contributed by atoms with Crippen LogP contribution in [0.25, 0.3) is 0 Å². The predicted molar refractivity (Wildman–Crippen MR) is 214 cm³/mol. The average molecular weight is 771 g/mol. The first-order chi connectivity index (χ1) is 25.7. The molecule has 0 bridgehead atoms. The van der Waals surface area contributed by atoms with E-state index in [9.17, 15) is 0 Å². The molecule has 0 spiro atoms. The molecule has 11 N–H and O–H groups in total. The quantitative estimate of drug-likeness (QED) is 0.0508. The van der Waals surface area contributed by atoms with Crippen molar-refractivity contribution in [3.8, 4) is 34.5 Å². The fraction of sp³-hybridized carbons (Fsp3) is 0. The standard InChI is InChI=1S/C36H37N8O6P3/c37-27-16-4-9-21-32(27)46-52(47-33-22-10-5-17-28(33)38)42-51-43-53(48-34-23-11-6-18-29(34)39,49-35-24-12-7-19-30(35)40,50-36-25-13-8-20-31(36)41)44(52)45-26-14-2-1-3-15-26/h1-25,43,51H,37-41H2. The molecular weight excluding hydrogens is 733 g/mol. The van der Waals surface area contributed by atoms with Crippen molar-refractivity contribution in [2.45, 2.75) is 0 Å². The summed E-state index contributed by atoms with van der Waals surface area (Å²) in [6.07, 6.45) is 0. The molecule has 0 saturated carbocycles. The third kappa shape index (κ3) is 7.15. The van der Waals surface area contributed by atoms with Crippen LogP contribution in [-0.4, -0.2) is 4.60 Å². The van der Waals surface area contributed by atoms with Crippen LogP contribution in [0.4, 0.5) is 28.4 Å². The van der Waals surface area contributed by atoms with Gasteiger partial charge in [-0.15, -0.1) is 0 Å². The van der Waals surface area contributed by atoms with E-state index < -0.39 is 24.1 Å². The number of rotatable bonds is 12. The van der Waals surface area contributed by atoms with Crippen molar-refractivity contribution in [3.05, 3.63) is 152 Å². The number of anilines is 5. The predicted octanol–water partition coefficient (Wildman–Crippen LogP) is 8.77. The minimum atomic E-state index is -5.63. The van der Waals surface area contributed by atoms with E-state index in [1.165, 1.54) is 4.60 Å². The molecule has 6 aromatic carbocycles. The summed E-state index contributed by atoms with van der Waals surface area (Å²) in [5.74, 6) is 1.15. The Labute approximate surface area is 308 Å². The summed E-state index contributed by atoms with van der Waals surface area (Å²) in [5.41, 5.74) is 34.1. The summed E-state index contributed by atoms with van der Waals surface area (Å²) < 4.78 is 41.5. The van der Waals surface area contributed by atoms with Gasteiger partial charge in [-0.2, -0.15) is 0 Å². The summed E-state index contributed by atoms with van der Waals surface area (Å²) in [4.78, 5) is 10.3. The topological polar surface area (TPSA) is 213 Å². The van der Waals surface area contributed by atoms with E-state index in [2.05, 4.69) is 4.86 Å². The Morgan fingerprint density at radius 3 is 1.19 bits per heavy atom. The first-order valence-electron chi connectivity index (χ1n) is 16.1. The van der Waals surface area contributed by atoms with E-state index in [1.54, 1.807) is 146 Å². The Morgan fingerprint density at radius 2 is 0.811 bits per heavy atom. The van der Waals surface area contributed by atoms with Crippen molar-refractivity contribution in [3.63, 3.8) is 0 Å². The Balaban J connectivity index is 1.61. The van der Waals surface area contributed by atoms with Crippen molar-refractivity contribution >= 4 is 52.6 Å². The second kappa shape index (κ2) is 14.6. The van der Waals surface area contributed by atoms with Crippen LogP contribution in [0.1, 0.15) is 0 Å². The SMILES string of the molecule is Nc1ccccc1OP1(Oc2ccccc2N)=NPNP(Oc2ccccc2N)(Oc2ccccc2N)(Oc2ccccc2N)N1Oc1ccccc1. The molecule has 1 atom stereocenters. The fourth-order valence-corrected chi connectivity index (χ4v) is 14.6. The molecule has 0 saturated heterocycles. The van der Waals surface area contributed by atoms with Crippen LogP contribution in [-0.2, 0) is 0 Å². The molecule has 1 unspecified atom stereocenters. The van der Waals surface area contributed by atoms with Crippen LogP contribution in [0.2, 0.25) is 0 Å². The van der Waals surface area contributed by atoms with E-state index in [0.717, 1.165) is 0 Å². The second-order valence-corrected chi connectivity index (χ2v) is 18.0. The molecule has 0 amide bonds.